The maximum absolute atomic E-state index is 12.2. The van der Waals surface area contributed by atoms with Gasteiger partial charge < -0.3 is 24.8 Å². The van der Waals surface area contributed by atoms with Crippen LogP contribution in [0.1, 0.15) is 17.5 Å². The molecule has 4 aromatic rings. The van der Waals surface area contributed by atoms with Crippen molar-refractivity contribution in [2.45, 2.75) is 18.6 Å². The predicted molar refractivity (Wildman–Crippen MR) is 142 cm³/mol. The van der Waals surface area contributed by atoms with Gasteiger partial charge in [0.2, 0.25) is 5.60 Å². The lowest BCUT2D eigenvalue weighted by molar-refractivity contribution is -0.137. The van der Waals surface area contributed by atoms with E-state index in [1.54, 1.807) is 27.5 Å². The lowest BCUT2D eigenvalue weighted by atomic mass is 10.0. The second-order valence-electron chi connectivity index (χ2n) is 8.85. The van der Waals surface area contributed by atoms with E-state index >= 15 is 0 Å². The molecule has 1 aliphatic rings. The van der Waals surface area contributed by atoms with Crippen molar-refractivity contribution in [3.8, 4) is 34.7 Å². The second kappa shape index (κ2) is 10.3. The molecule has 0 saturated carbocycles. The number of benzene rings is 2. The highest BCUT2D eigenvalue weighted by atomic mass is 16.5. The van der Waals surface area contributed by atoms with Crippen molar-refractivity contribution >= 4 is 22.8 Å². The first kappa shape index (κ1) is 24.9. The smallest absolute Gasteiger partial charge is 0.267 e. The van der Waals surface area contributed by atoms with Gasteiger partial charge in [-0.1, -0.05) is 24.0 Å². The number of hydrogen-bond donors (Lipinski definition) is 2. The zero-order valence-electron chi connectivity index (χ0n) is 21.2. The third-order valence-corrected chi connectivity index (χ3v) is 6.36. The second-order valence-corrected chi connectivity index (χ2v) is 8.85. The number of anilines is 1. The third kappa shape index (κ3) is 4.92. The van der Waals surface area contributed by atoms with Crippen LogP contribution in [0.15, 0.2) is 55.0 Å². The van der Waals surface area contributed by atoms with Gasteiger partial charge in [0.25, 0.3) is 5.91 Å². The molecule has 0 radical (unpaired) electrons. The van der Waals surface area contributed by atoms with E-state index in [4.69, 9.17) is 14.5 Å². The number of carbonyl (C=O) groups excluding carboxylic acids is 1. The molecule has 1 aliphatic heterocycles. The average molecular weight is 511 g/mol. The monoisotopic (exact) mass is 510 g/mol. The number of nitrogens with zero attached hydrogens (tertiary/aromatic N) is 5. The Kier molecular flexibility index (Phi) is 6.77. The van der Waals surface area contributed by atoms with Crippen LogP contribution < -0.4 is 14.8 Å². The van der Waals surface area contributed by atoms with E-state index in [1.165, 1.54) is 11.2 Å². The quantitative estimate of drug-likeness (QED) is 0.377. The van der Waals surface area contributed by atoms with E-state index < -0.39 is 5.60 Å². The van der Waals surface area contributed by atoms with Gasteiger partial charge in [0.05, 0.1) is 20.4 Å². The van der Waals surface area contributed by atoms with Gasteiger partial charge in [-0.2, -0.15) is 0 Å². The van der Waals surface area contributed by atoms with Crippen molar-refractivity contribution in [3.05, 3.63) is 66.1 Å². The summed E-state index contributed by atoms with van der Waals surface area (Å²) in [5, 5.41) is 13.9. The summed E-state index contributed by atoms with van der Waals surface area (Å²) in [4.78, 5) is 31.6. The fourth-order valence-corrected chi connectivity index (χ4v) is 4.18. The van der Waals surface area contributed by atoms with Gasteiger partial charge >= 0.3 is 0 Å². The zero-order valence-corrected chi connectivity index (χ0v) is 21.2. The van der Waals surface area contributed by atoms with Crippen molar-refractivity contribution in [3.63, 3.8) is 0 Å². The van der Waals surface area contributed by atoms with Gasteiger partial charge in [0, 0.05) is 49.3 Å². The molecule has 0 unspecified atom stereocenters. The van der Waals surface area contributed by atoms with E-state index in [-0.39, 0.29) is 12.3 Å². The highest BCUT2D eigenvalue weighted by Crippen LogP contribution is 2.27. The summed E-state index contributed by atoms with van der Waals surface area (Å²) in [6, 6.07) is 12.9. The number of methoxy groups -OCH3 is 2. The van der Waals surface area contributed by atoms with Crippen LogP contribution in [-0.4, -0.2) is 69.3 Å². The van der Waals surface area contributed by atoms with E-state index in [0.717, 1.165) is 11.1 Å². The summed E-state index contributed by atoms with van der Waals surface area (Å²) in [5.41, 5.74) is 1.79. The molecule has 1 fully saturated rings. The Morgan fingerprint density at radius 1 is 1.13 bits per heavy atom. The molecule has 192 valence electrons. The summed E-state index contributed by atoms with van der Waals surface area (Å²) in [6.45, 7) is 0.916. The highest BCUT2D eigenvalue weighted by molar-refractivity contribution is 5.90. The SMILES string of the molecule is COc1ccc(CNc2ncnc3cnc(-c4cccc(C#C[C@]5(O)CCN(C)C5=O)c4)nc23)c(OC)c1. The maximum atomic E-state index is 12.2. The van der Waals surface area contributed by atoms with Gasteiger partial charge in [-0.3, -0.25) is 4.79 Å². The molecule has 0 bridgehead atoms. The zero-order chi connectivity index (χ0) is 26.7. The Labute approximate surface area is 219 Å². The molecule has 0 aliphatic carbocycles. The van der Waals surface area contributed by atoms with E-state index in [2.05, 4.69) is 32.1 Å². The van der Waals surface area contributed by atoms with Crippen LogP contribution in [0.25, 0.3) is 22.4 Å². The summed E-state index contributed by atoms with van der Waals surface area (Å²) in [6.07, 6.45) is 3.38. The van der Waals surface area contributed by atoms with Crippen molar-refractivity contribution in [1.82, 2.24) is 24.8 Å². The molecule has 2 aromatic carbocycles. The Balaban J connectivity index is 1.42. The number of nitrogens with one attached hydrogen (secondary N) is 1. The average Bonchev–Trinajstić information content (AvgIpc) is 3.22. The van der Waals surface area contributed by atoms with E-state index in [1.807, 2.05) is 42.5 Å². The number of amides is 1. The summed E-state index contributed by atoms with van der Waals surface area (Å²) < 4.78 is 10.8. The summed E-state index contributed by atoms with van der Waals surface area (Å²) >= 11 is 0. The summed E-state index contributed by atoms with van der Waals surface area (Å²) in [7, 11) is 4.87. The molecule has 10 heteroatoms. The minimum absolute atomic E-state index is 0.279. The molecule has 0 spiro atoms. The molecule has 3 heterocycles. The molecular formula is C28H26N6O4. The van der Waals surface area contributed by atoms with Crippen LogP contribution in [0, 0.1) is 11.8 Å². The highest BCUT2D eigenvalue weighted by Gasteiger charge is 2.42. The first-order valence-corrected chi connectivity index (χ1v) is 11.9. The Morgan fingerprint density at radius 3 is 2.76 bits per heavy atom. The van der Waals surface area contributed by atoms with Crippen molar-refractivity contribution in [2.75, 3.05) is 33.1 Å². The van der Waals surface area contributed by atoms with Crippen LogP contribution in [0.4, 0.5) is 5.82 Å². The molecule has 1 amide bonds. The number of ether oxygens (including phenoxy) is 2. The number of aromatic nitrogens is 4. The van der Waals surface area contributed by atoms with Gasteiger partial charge in [-0.15, -0.1) is 0 Å². The fraction of sp³-hybridized carbons (Fsp3) is 0.250. The third-order valence-electron chi connectivity index (χ3n) is 6.36. The number of carbonyl (C=O) groups is 1. The minimum Gasteiger partial charge on any atom is -0.497 e. The largest absolute Gasteiger partial charge is 0.497 e. The van der Waals surface area contributed by atoms with Gasteiger partial charge in [-0.25, -0.2) is 19.9 Å². The molecule has 1 atom stereocenters. The van der Waals surface area contributed by atoms with Gasteiger partial charge in [0.1, 0.15) is 28.9 Å². The van der Waals surface area contributed by atoms with Crippen LogP contribution >= 0.6 is 0 Å². The van der Waals surface area contributed by atoms with Crippen LogP contribution in [0.3, 0.4) is 0 Å². The minimum atomic E-state index is -1.66. The predicted octanol–water partition coefficient (Wildman–Crippen LogP) is 2.66. The number of aliphatic hydroxyl groups is 1. The topological polar surface area (TPSA) is 123 Å². The van der Waals surface area contributed by atoms with Gasteiger partial charge in [0.15, 0.2) is 11.6 Å². The van der Waals surface area contributed by atoms with E-state index in [0.29, 0.717) is 52.8 Å². The number of likely N-dealkylation sites (N-methyl/N-ethyl adjacent to an activating group) is 1. The molecule has 5 rings (SSSR count). The standard InChI is InChI=1S/C28H26N6O4/c1-34-12-11-28(36,27(34)35)10-9-18-5-4-6-19(13-18)25-30-16-22-24(33-25)26(32-17-31-22)29-15-20-7-8-21(37-2)14-23(20)38-3/h4-8,13-14,16-17,36H,11-12,15H2,1-3H3,(H,29,31,32)/t28-/m0/s1. The lowest BCUT2D eigenvalue weighted by Crippen LogP contribution is -2.37. The van der Waals surface area contributed by atoms with Crippen molar-refractivity contribution < 1.29 is 19.4 Å². The number of rotatable bonds is 6. The van der Waals surface area contributed by atoms with Crippen LogP contribution in [0.2, 0.25) is 0 Å². The molecule has 1 saturated heterocycles. The molecule has 38 heavy (non-hydrogen) atoms. The Morgan fingerprint density at radius 2 is 2.00 bits per heavy atom. The number of fused-ring (bicyclic) bond motifs is 1. The fourth-order valence-electron chi connectivity index (χ4n) is 4.18. The Bertz CT molecular complexity index is 1580. The van der Waals surface area contributed by atoms with Gasteiger partial charge in [-0.05, 0) is 24.3 Å². The first-order chi connectivity index (χ1) is 18.4. The molecular weight excluding hydrogens is 484 g/mol. The van der Waals surface area contributed by atoms with Crippen molar-refractivity contribution in [2.24, 2.45) is 0 Å². The number of hydrogen-bond acceptors (Lipinski definition) is 9. The van der Waals surface area contributed by atoms with E-state index in [9.17, 15) is 9.90 Å². The summed E-state index contributed by atoms with van der Waals surface area (Å²) in [5.74, 6) is 7.72. The lowest BCUT2D eigenvalue weighted by Gasteiger charge is -2.13. The van der Waals surface area contributed by atoms with Crippen molar-refractivity contribution in [1.29, 1.82) is 0 Å². The molecule has 2 aromatic heterocycles. The maximum Gasteiger partial charge on any atom is 0.267 e. The van der Waals surface area contributed by atoms with Crippen LogP contribution in [0.5, 0.6) is 11.5 Å². The normalized spacial score (nSPS) is 16.7. The number of likely N-dealkylation sites (tertiary alicyclic amines) is 1. The molecule has 2 N–H and O–H groups in total. The van der Waals surface area contributed by atoms with Crippen LogP contribution in [-0.2, 0) is 11.3 Å². The molecule has 10 nitrogen and oxygen atoms in total. The Hall–Kier alpha value is -4.75. The first-order valence-electron chi connectivity index (χ1n) is 11.9.